The second-order valence-electron chi connectivity index (χ2n) is 8.46. The number of para-hydroxylation sites is 3. The molecule has 3 aromatic carbocycles. The van der Waals surface area contributed by atoms with Crippen molar-refractivity contribution in [3.05, 3.63) is 101 Å². The summed E-state index contributed by atoms with van der Waals surface area (Å²) in [6.45, 7) is 1.49. The minimum Gasteiger partial charge on any atom is -0.448 e. The van der Waals surface area contributed by atoms with Gasteiger partial charge in [0, 0.05) is 29.9 Å². The first-order valence-electron chi connectivity index (χ1n) is 11.2. The van der Waals surface area contributed by atoms with Crippen LogP contribution in [-0.2, 0) is 24.3 Å². The summed E-state index contributed by atoms with van der Waals surface area (Å²) in [6.07, 6.45) is 2.42. The number of fused-ring (bicyclic) bond motifs is 4. The highest BCUT2D eigenvalue weighted by molar-refractivity contribution is 6.01. The van der Waals surface area contributed by atoms with E-state index >= 15 is 0 Å². The standard InChI is InChI=1S/C27H22N4O3/c32-24(16-31-17-28-25-20-9-3-6-12-23(20)34-26(25)27(31)33)29-21-10-4-1-8-19(21)15-30-14-13-18-7-2-5-11-22(18)30/h1-12,17H,13-16H2,(H,29,32). The Balaban J connectivity index is 1.23. The summed E-state index contributed by atoms with van der Waals surface area (Å²) in [5, 5.41) is 3.76. The first-order valence-corrected chi connectivity index (χ1v) is 11.2. The molecule has 7 nitrogen and oxygen atoms in total. The van der Waals surface area contributed by atoms with E-state index in [1.165, 1.54) is 22.1 Å². The van der Waals surface area contributed by atoms with Crippen molar-refractivity contribution in [2.24, 2.45) is 0 Å². The predicted molar refractivity (Wildman–Crippen MR) is 132 cm³/mol. The summed E-state index contributed by atoms with van der Waals surface area (Å²) in [7, 11) is 0. The number of hydrogen-bond acceptors (Lipinski definition) is 5. The number of furan rings is 1. The van der Waals surface area contributed by atoms with Crippen LogP contribution >= 0.6 is 0 Å². The molecule has 0 fully saturated rings. The van der Waals surface area contributed by atoms with Crippen LogP contribution in [0, 0.1) is 0 Å². The van der Waals surface area contributed by atoms with Crippen LogP contribution in [0.2, 0.25) is 0 Å². The van der Waals surface area contributed by atoms with Crippen LogP contribution in [-0.4, -0.2) is 22.0 Å². The molecule has 7 heteroatoms. The van der Waals surface area contributed by atoms with E-state index in [1.54, 1.807) is 6.07 Å². The number of rotatable bonds is 5. The van der Waals surface area contributed by atoms with E-state index in [-0.39, 0.29) is 23.6 Å². The highest BCUT2D eigenvalue weighted by atomic mass is 16.3. The van der Waals surface area contributed by atoms with Gasteiger partial charge in [-0.1, -0.05) is 48.5 Å². The number of nitrogens with zero attached hydrogens (tertiary/aromatic N) is 3. The van der Waals surface area contributed by atoms with Crippen molar-refractivity contribution in [2.75, 3.05) is 16.8 Å². The molecule has 34 heavy (non-hydrogen) atoms. The van der Waals surface area contributed by atoms with Crippen molar-refractivity contribution in [1.29, 1.82) is 0 Å². The molecule has 0 saturated carbocycles. The molecule has 6 rings (SSSR count). The zero-order valence-corrected chi connectivity index (χ0v) is 18.4. The molecule has 0 bridgehead atoms. The molecule has 0 radical (unpaired) electrons. The lowest BCUT2D eigenvalue weighted by Crippen LogP contribution is -2.28. The third kappa shape index (κ3) is 3.51. The maximum atomic E-state index is 12.9. The van der Waals surface area contributed by atoms with Crippen LogP contribution < -0.4 is 15.8 Å². The lowest BCUT2D eigenvalue weighted by Gasteiger charge is -2.21. The molecule has 5 aromatic rings. The Labute approximate surface area is 195 Å². The molecule has 0 unspecified atom stereocenters. The summed E-state index contributed by atoms with van der Waals surface area (Å²) in [5.41, 5.74) is 5.23. The zero-order valence-electron chi connectivity index (χ0n) is 18.4. The van der Waals surface area contributed by atoms with E-state index in [4.69, 9.17) is 4.42 Å². The second-order valence-corrected chi connectivity index (χ2v) is 8.46. The van der Waals surface area contributed by atoms with E-state index in [0.29, 0.717) is 17.6 Å². The Kier molecular flexibility index (Phi) is 4.87. The first kappa shape index (κ1) is 20.2. The third-order valence-electron chi connectivity index (χ3n) is 6.30. The molecule has 0 saturated heterocycles. The Morgan fingerprint density at radius 2 is 1.79 bits per heavy atom. The second kappa shape index (κ2) is 8.19. The van der Waals surface area contributed by atoms with Crippen molar-refractivity contribution in [1.82, 2.24) is 9.55 Å². The van der Waals surface area contributed by atoms with Gasteiger partial charge in [0.05, 0.1) is 6.33 Å². The van der Waals surface area contributed by atoms with E-state index in [1.807, 2.05) is 42.5 Å². The monoisotopic (exact) mass is 450 g/mol. The normalized spacial score (nSPS) is 12.9. The molecular weight excluding hydrogens is 428 g/mol. The number of benzene rings is 3. The minimum absolute atomic E-state index is 0.153. The minimum atomic E-state index is -0.377. The molecule has 1 aliphatic rings. The molecule has 0 spiro atoms. The topological polar surface area (TPSA) is 80.4 Å². The molecule has 1 aliphatic heterocycles. The lowest BCUT2D eigenvalue weighted by atomic mass is 10.1. The molecule has 1 amide bonds. The largest absolute Gasteiger partial charge is 0.448 e. The van der Waals surface area contributed by atoms with Crippen LogP contribution in [0.15, 0.2) is 88.3 Å². The van der Waals surface area contributed by atoms with Gasteiger partial charge in [0.2, 0.25) is 11.5 Å². The Hall–Kier alpha value is -4.39. The van der Waals surface area contributed by atoms with Gasteiger partial charge in [-0.25, -0.2) is 4.98 Å². The first-order chi connectivity index (χ1) is 16.7. The van der Waals surface area contributed by atoms with Gasteiger partial charge in [-0.05, 0) is 41.8 Å². The summed E-state index contributed by atoms with van der Waals surface area (Å²) >= 11 is 0. The number of nitrogens with one attached hydrogen (secondary N) is 1. The summed E-state index contributed by atoms with van der Waals surface area (Å²) in [6, 6.07) is 23.6. The lowest BCUT2D eigenvalue weighted by molar-refractivity contribution is -0.116. The molecule has 3 heterocycles. The zero-order chi connectivity index (χ0) is 23.1. The van der Waals surface area contributed by atoms with Crippen molar-refractivity contribution in [3.8, 4) is 0 Å². The molecule has 2 aromatic heterocycles. The number of aromatic nitrogens is 2. The summed E-state index contributed by atoms with van der Waals surface area (Å²) in [4.78, 5) is 32.5. The number of amides is 1. The highest BCUT2D eigenvalue weighted by Gasteiger charge is 2.20. The smallest absolute Gasteiger partial charge is 0.297 e. The van der Waals surface area contributed by atoms with Crippen molar-refractivity contribution >= 4 is 39.4 Å². The molecule has 0 aliphatic carbocycles. The third-order valence-corrected chi connectivity index (χ3v) is 6.30. The van der Waals surface area contributed by atoms with Gasteiger partial charge >= 0.3 is 0 Å². The Morgan fingerprint density at radius 3 is 2.74 bits per heavy atom. The van der Waals surface area contributed by atoms with Gasteiger partial charge in [0.25, 0.3) is 5.56 Å². The van der Waals surface area contributed by atoms with Crippen LogP contribution in [0.4, 0.5) is 11.4 Å². The van der Waals surface area contributed by atoms with Crippen LogP contribution in [0.3, 0.4) is 0 Å². The van der Waals surface area contributed by atoms with E-state index in [9.17, 15) is 9.59 Å². The molecule has 1 N–H and O–H groups in total. The van der Waals surface area contributed by atoms with Crippen molar-refractivity contribution in [2.45, 2.75) is 19.5 Å². The number of hydrogen-bond donors (Lipinski definition) is 1. The van der Waals surface area contributed by atoms with Crippen molar-refractivity contribution < 1.29 is 9.21 Å². The fourth-order valence-corrected chi connectivity index (χ4v) is 4.63. The van der Waals surface area contributed by atoms with Crippen LogP contribution in [0.25, 0.3) is 22.1 Å². The predicted octanol–water partition coefficient (Wildman–Crippen LogP) is 4.34. The van der Waals surface area contributed by atoms with E-state index in [2.05, 4.69) is 39.5 Å². The number of anilines is 2. The fourth-order valence-electron chi connectivity index (χ4n) is 4.63. The van der Waals surface area contributed by atoms with Gasteiger partial charge < -0.3 is 14.6 Å². The van der Waals surface area contributed by atoms with Gasteiger partial charge in [-0.15, -0.1) is 0 Å². The van der Waals surface area contributed by atoms with Crippen molar-refractivity contribution in [3.63, 3.8) is 0 Å². The number of carbonyl (C=O) groups is 1. The molecular formula is C27H22N4O3. The average Bonchev–Trinajstić information content (AvgIpc) is 3.44. The van der Waals surface area contributed by atoms with Gasteiger partial charge in [0.15, 0.2) is 0 Å². The average molecular weight is 450 g/mol. The SMILES string of the molecule is O=C(Cn1cnc2c(oc3ccccc32)c1=O)Nc1ccccc1CN1CCc2ccccc21. The molecule has 168 valence electrons. The Morgan fingerprint density at radius 1 is 1.00 bits per heavy atom. The van der Waals surface area contributed by atoms with E-state index in [0.717, 1.165) is 29.6 Å². The van der Waals surface area contributed by atoms with Gasteiger partial charge in [-0.3, -0.25) is 14.2 Å². The summed E-state index contributed by atoms with van der Waals surface area (Å²) in [5.74, 6) is -0.298. The van der Waals surface area contributed by atoms with Crippen LogP contribution in [0.5, 0.6) is 0 Å². The maximum absolute atomic E-state index is 12.9. The number of carbonyl (C=O) groups excluding carboxylic acids is 1. The maximum Gasteiger partial charge on any atom is 0.297 e. The quantitative estimate of drug-likeness (QED) is 0.431. The summed E-state index contributed by atoms with van der Waals surface area (Å²) < 4.78 is 6.99. The van der Waals surface area contributed by atoms with Gasteiger partial charge in [0.1, 0.15) is 17.6 Å². The van der Waals surface area contributed by atoms with Crippen LogP contribution in [0.1, 0.15) is 11.1 Å². The fraction of sp³-hybridized carbons (Fsp3) is 0.148. The van der Waals surface area contributed by atoms with E-state index < -0.39 is 0 Å². The Bertz CT molecular complexity index is 1600. The molecule has 0 atom stereocenters. The van der Waals surface area contributed by atoms with Gasteiger partial charge in [-0.2, -0.15) is 0 Å². The highest BCUT2D eigenvalue weighted by Crippen LogP contribution is 2.30.